The summed E-state index contributed by atoms with van der Waals surface area (Å²) in [4.78, 5) is 4.31. The molecule has 27 heavy (non-hydrogen) atoms. The number of nitrogens with one attached hydrogen (secondary N) is 2. The Bertz CT molecular complexity index is 619. The van der Waals surface area contributed by atoms with Crippen LogP contribution in [-0.2, 0) is 10.8 Å². The number of aliphatic hydroxyl groups excluding tert-OH is 1. The third-order valence-corrected chi connectivity index (χ3v) is 5.46. The Hall–Kier alpha value is -1.74. The van der Waals surface area contributed by atoms with Crippen molar-refractivity contribution in [3.63, 3.8) is 0 Å². The van der Waals surface area contributed by atoms with Gasteiger partial charge in [0, 0.05) is 34.4 Å². The number of aliphatic hydroxyl groups is 1. The number of hydrogen-bond donors (Lipinski definition) is 3. The molecule has 0 aliphatic rings. The molecule has 0 saturated carbocycles. The van der Waals surface area contributed by atoms with E-state index in [1.807, 2.05) is 27.7 Å². The third kappa shape index (κ3) is 9.14. The molecule has 0 heterocycles. The van der Waals surface area contributed by atoms with Gasteiger partial charge in [-0.25, -0.2) is 0 Å². The standard InChI is InChI=1S/C18H29F2N3O3S/c1-5-21-17(22-10-11-27(25)18(2,3)4)23-12-15(24)13-6-8-14(9-7-13)26-16(19)20/h6-9,15-16,24H,5,10-12H2,1-4H3,(H2,21,22,23). The second kappa shape index (κ2) is 11.2. The molecule has 0 radical (unpaired) electrons. The minimum Gasteiger partial charge on any atom is -0.435 e. The van der Waals surface area contributed by atoms with Crippen LogP contribution in [0.4, 0.5) is 8.78 Å². The van der Waals surface area contributed by atoms with Crippen LogP contribution < -0.4 is 15.4 Å². The lowest BCUT2D eigenvalue weighted by atomic mass is 10.1. The first-order valence-corrected chi connectivity index (χ1v) is 10.1. The zero-order valence-electron chi connectivity index (χ0n) is 16.2. The van der Waals surface area contributed by atoms with Crippen LogP contribution in [0.3, 0.4) is 0 Å². The largest absolute Gasteiger partial charge is 0.435 e. The fourth-order valence-electron chi connectivity index (χ4n) is 2.06. The van der Waals surface area contributed by atoms with E-state index in [0.717, 1.165) is 0 Å². The number of ether oxygens (including phenoxy) is 1. The first-order valence-electron chi connectivity index (χ1n) is 8.77. The molecule has 0 spiro atoms. The van der Waals surface area contributed by atoms with Crippen LogP contribution >= 0.6 is 0 Å². The number of aliphatic imine (C=N–C) groups is 1. The van der Waals surface area contributed by atoms with Gasteiger partial charge in [0.15, 0.2) is 5.96 Å². The van der Waals surface area contributed by atoms with Gasteiger partial charge in [0.25, 0.3) is 0 Å². The van der Waals surface area contributed by atoms with Crippen LogP contribution in [0.25, 0.3) is 0 Å². The molecule has 2 unspecified atom stereocenters. The summed E-state index contributed by atoms with van der Waals surface area (Å²) in [7, 11) is -0.967. The van der Waals surface area contributed by atoms with E-state index in [1.54, 1.807) is 0 Å². The van der Waals surface area contributed by atoms with Gasteiger partial charge in [-0.05, 0) is 45.4 Å². The summed E-state index contributed by atoms with van der Waals surface area (Å²) in [5.41, 5.74) is 0.546. The van der Waals surface area contributed by atoms with Crippen molar-refractivity contribution in [2.75, 3.05) is 25.4 Å². The summed E-state index contributed by atoms with van der Waals surface area (Å²) in [5, 5.41) is 16.4. The number of nitrogens with zero attached hydrogens (tertiary/aromatic N) is 1. The summed E-state index contributed by atoms with van der Waals surface area (Å²) in [6.07, 6.45) is -0.884. The normalized spacial score (nSPS) is 14.7. The van der Waals surface area contributed by atoms with E-state index in [9.17, 15) is 18.1 Å². The lowest BCUT2D eigenvalue weighted by molar-refractivity contribution is -0.0498. The fraction of sp³-hybridized carbons (Fsp3) is 0.611. The lowest BCUT2D eigenvalue weighted by Gasteiger charge is -2.18. The van der Waals surface area contributed by atoms with Crippen molar-refractivity contribution in [2.24, 2.45) is 4.99 Å². The molecule has 1 aromatic carbocycles. The molecule has 0 fully saturated rings. The van der Waals surface area contributed by atoms with Crippen molar-refractivity contribution >= 4 is 16.8 Å². The van der Waals surface area contributed by atoms with Crippen molar-refractivity contribution in [1.82, 2.24) is 10.6 Å². The monoisotopic (exact) mass is 405 g/mol. The van der Waals surface area contributed by atoms with E-state index in [2.05, 4.69) is 20.4 Å². The molecular weight excluding hydrogens is 376 g/mol. The quantitative estimate of drug-likeness (QED) is 0.434. The summed E-state index contributed by atoms with van der Waals surface area (Å²) < 4.78 is 40.4. The zero-order valence-corrected chi connectivity index (χ0v) is 17.0. The predicted molar refractivity (Wildman–Crippen MR) is 105 cm³/mol. The molecule has 1 aromatic rings. The van der Waals surface area contributed by atoms with Crippen molar-refractivity contribution in [2.45, 2.75) is 45.2 Å². The molecular formula is C18H29F2N3O3S. The van der Waals surface area contributed by atoms with Crippen LogP contribution in [0.1, 0.15) is 39.4 Å². The molecule has 0 aromatic heterocycles. The molecule has 0 aliphatic heterocycles. The molecule has 0 amide bonds. The molecule has 0 saturated heterocycles. The lowest BCUT2D eigenvalue weighted by Crippen LogP contribution is -2.40. The maximum Gasteiger partial charge on any atom is 0.387 e. The van der Waals surface area contributed by atoms with E-state index >= 15 is 0 Å². The molecule has 6 nitrogen and oxygen atoms in total. The van der Waals surface area contributed by atoms with Gasteiger partial charge in [0.1, 0.15) is 5.75 Å². The van der Waals surface area contributed by atoms with E-state index in [-0.39, 0.29) is 17.0 Å². The first-order chi connectivity index (χ1) is 12.6. The summed E-state index contributed by atoms with van der Waals surface area (Å²) in [5.74, 6) is 1.04. The first kappa shape index (κ1) is 23.3. The van der Waals surface area contributed by atoms with Crippen molar-refractivity contribution < 1.29 is 22.8 Å². The predicted octanol–water partition coefficient (Wildman–Crippen LogP) is 2.42. The molecule has 2 atom stereocenters. The van der Waals surface area contributed by atoms with Crippen molar-refractivity contribution in [3.05, 3.63) is 29.8 Å². The van der Waals surface area contributed by atoms with Crippen molar-refractivity contribution in [1.29, 1.82) is 0 Å². The third-order valence-electron chi connectivity index (χ3n) is 3.52. The summed E-state index contributed by atoms with van der Waals surface area (Å²) >= 11 is 0. The van der Waals surface area contributed by atoms with Crippen LogP contribution in [0, 0.1) is 0 Å². The SMILES string of the molecule is CCNC(=NCC(O)c1ccc(OC(F)F)cc1)NCCS(=O)C(C)(C)C. The van der Waals surface area contributed by atoms with E-state index < -0.39 is 23.5 Å². The van der Waals surface area contributed by atoms with Gasteiger partial charge in [0.2, 0.25) is 0 Å². The second-order valence-corrected chi connectivity index (χ2v) is 9.10. The van der Waals surface area contributed by atoms with Gasteiger partial charge >= 0.3 is 6.61 Å². The highest BCUT2D eigenvalue weighted by Gasteiger charge is 2.18. The summed E-state index contributed by atoms with van der Waals surface area (Å²) in [6.45, 7) is 6.04. The fourth-order valence-corrected chi connectivity index (χ4v) is 2.96. The molecule has 154 valence electrons. The Kier molecular flexibility index (Phi) is 9.65. The number of halogens is 2. The number of benzene rings is 1. The van der Waals surface area contributed by atoms with Gasteiger partial charge in [-0.2, -0.15) is 8.78 Å². The Morgan fingerprint density at radius 1 is 1.26 bits per heavy atom. The molecule has 9 heteroatoms. The number of hydrogen-bond acceptors (Lipinski definition) is 4. The Morgan fingerprint density at radius 3 is 2.41 bits per heavy atom. The van der Waals surface area contributed by atoms with Gasteiger partial charge in [-0.15, -0.1) is 0 Å². The van der Waals surface area contributed by atoms with Crippen LogP contribution in [0.5, 0.6) is 5.75 Å². The maximum absolute atomic E-state index is 12.2. The molecule has 0 aliphatic carbocycles. The smallest absolute Gasteiger partial charge is 0.387 e. The maximum atomic E-state index is 12.2. The molecule has 3 N–H and O–H groups in total. The Balaban J connectivity index is 2.59. The minimum absolute atomic E-state index is 0.0336. The van der Waals surface area contributed by atoms with Crippen LogP contribution in [0.15, 0.2) is 29.3 Å². The highest BCUT2D eigenvalue weighted by atomic mass is 32.2. The van der Waals surface area contributed by atoms with Gasteiger partial charge in [-0.1, -0.05) is 12.1 Å². The van der Waals surface area contributed by atoms with Gasteiger partial charge < -0.3 is 20.5 Å². The van der Waals surface area contributed by atoms with E-state index in [0.29, 0.717) is 30.4 Å². The molecule has 1 rings (SSSR count). The number of guanidine groups is 1. The van der Waals surface area contributed by atoms with E-state index in [4.69, 9.17) is 0 Å². The Morgan fingerprint density at radius 2 is 1.89 bits per heavy atom. The van der Waals surface area contributed by atoms with Gasteiger partial charge in [0.05, 0.1) is 12.6 Å². The van der Waals surface area contributed by atoms with Crippen LogP contribution in [-0.4, -0.2) is 52.0 Å². The average molecular weight is 406 g/mol. The minimum atomic E-state index is -2.88. The van der Waals surface area contributed by atoms with Gasteiger partial charge in [-0.3, -0.25) is 9.20 Å². The number of alkyl halides is 2. The number of rotatable bonds is 9. The highest BCUT2D eigenvalue weighted by Crippen LogP contribution is 2.19. The Labute approximate surface area is 161 Å². The molecule has 0 bridgehead atoms. The topological polar surface area (TPSA) is 83.0 Å². The van der Waals surface area contributed by atoms with Crippen LogP contribution in [0.2, 0.25) is 0 Å². The average Bonchev–Trinajstić information content (AvgIpc) is 2.58. The second-order valence-electron chi connectivity index (χ2n) is 6.77. The van der Waals surface area contributed by atoms with Crippen molar-refractivity contribution in [3.8, 4) is 5.75 Å². The van der Waals surface area contributed by atoms with E-state index in [1.165, 1.54) is 24.3 Å². The zero-order chi connectivity index (χ0) is 20.4. The summed E-state index contributed by atoms with van der Waals surface area (Å²) in [6, 6.07) is 5.79. The highest BCUT2D eigenvalue weighted by molar-refractivity contribution is 7.86.